The van der Waals surface area contributed by atoms with Gasteiger partial charge in [0.25, 0.3) is 0 Å². The fourth-order valence-corrected chi connectivity index (χ4v) is 12.7. The lowest BCUT2D eigenvalue weighted by atomic mass is 9.46. The van der Waals surface area contributed by atoms with Crippen molar-refractivity contribution >= 4 is 11.8 Å². The third-order valence-electron chi connectivity index (χ3n) is 14.9. The third-order valence-corrected chi connectivity index (χ3v) is 16.0. The molecule has 5 aliphatic rings. The van der Waals surface area contributed by atoms with Crippen molar-refractivity contribution in [3.63, 3.8) is 0 Å². The van der Waals surface area contributed by atoms with Crippen LogP contribution in [0.4, 0.5) is 0 Å². The molecular formula is C45H80O10S. The molecule has 0 unspecified atom stereocenters. The Hall–Kier alpha value is -0.310. The maximum absolute atomic E-state index is 10.1. The van der Waals surface area contributed by atoms with Crippen molar-refractivity contribution in [2.75, 3.05) is 78.4 Å². The molecule has 1 saturated heterocycles. The number of hydrogen-bond acceptors (Lipinski definition) is 11. The number of allylic oxidation sites excluding steroid dienone is 2. The van der Waals surface area contributed by atoms with Gasteiger partial charge in [0.15, 0.2) is 0 Å². The molecule has 0 radical (unpaired) electrons. The minimum atomic E-state index is -1.36. The van der Waals surface area contributed by atoms with Crippen molar-refractivity contribution in [3.8, 4) is 0 Å². The second-order valence-corrected chi connectivity index (χ2v) is 20.0. The van der Waals surface area contributed by atoms with Crippen LogP contribution in [0.1, 0.15) is 112 Å². The van der Waals surface area contributed by atoms with Gasteiger partial charge in [-0.25, -0.2) is 0 Å². The summed E-state index contributed by atoms with van der Waals surface area (Å²) in [5.74, 6) is 6.63. The van der Waals surface area contributed by atoms with Crippen molar-refractivity contribution < 1.29 is 48.8 Å². The van der Waals surface area contributed by atoms with E-state index in [4.69, 9.17) is 28.4 Å². The molecule has 10 nitrogen and oxygen atoms in total. The minimum Gasteiger partial charge on any atom is -0.394 e. The van der Waals surface area contributed by atoms with Crippen molar-refractivity contribution in [1.29, 1.82) is 0 Å². The highest BCUT2D eigenvalue weighted by Crippen LogP contribution is 2.67. The van der Waals surface area contributed by atoms with E-state index >= 15 is 0 Å². The lowest BCUT2D eigenvalue weighted by molar-refractivity contribution is -0.205. The largest absolute Gasteiger partial charge is 0.394 e. The number of ether oxygens (including phenoxy) is 6. The van der Waals surface area contributed by atoms with Crippen LogP contribution in [0.25, 0.3) is 0 Å². The smallest absolute Gasteiger partial charge is 0.132 e. The van der Waals surface area contributed by atoms with E-state index in [-0.39, 0.29) is 0 Å². The first-order chi connectivity index (χ1) is 27.0. The van der Waals surface area contributed by atoms with Gasteiger partial charge in [0.05, 0.1) is 66.1 Å². The van der Waals surface area contributed by atoms with E-state index in [0.29, 0.717) is 76.0 Å². The third kappa shape index (κ3) is 12.2. The normalized spacial score (nSPS) is 37.6. The van der Waals surface area contributed by atoms with Crippen LogP contribution in [0.5, 0.6) is 0 Å². The molecule has 4 N–H and O–H groups in total. The van der Waals surface area contributed by atoms with Gasteiger partial charge in [-0.05, 0) is 110 Å². The highest BCUT2D eigenvalue weighted by molar-refractivity contribution is 7.99. The Morgan fingerprint density at radius 3 is 2.04 bits per heavy atom. The Labute approximate surface area is 343 Å². The van der Waals surface area contributed by atoms with Crippen molar-refractivity contribution in [1.82, 2.24) is 0 Å². The lowest BCUT2D eigenvalue weighted by Crippen LogP contribution is -2.57. The zero-order valence-corrected chi connectivity index (χ0v) is 36.4. The number of rotatable bonds is 25. The van der Waals surface area contributed by atoms with Crippen molar-refractivity contribution in [2.45, 2.75) is 142 Å². The summed E-state index contributed by atoms with van der Waals surface area (Å²) in [4.78, 5) is 0. The highest BCUT2D eigenvalue weighted by atomic mass is 32.2. The minimum absolute atomic E-state index is 0.415. The van der Waals surface area contributed by atoms with Crippen LogP contribution in [-0.4, -0.2) is 129 Å². The Morgan fingerprint density at radius 1 is 0.750 bits per heavy atom. The van der Waals surface area contributed by atoms with Gasteiger partial charge in [-0.3, -0.25) is 0 Å². The predicted molar refractivity (Wildman–Crippen MR) is 221 cm³/mol. The fourth-order valence-electron chi connectivity index (χ4n) is 11.7. The van der Waals surface area contributed by atoms with Gasteiger partial charge in [0, 0.05) is 12.4 Å². The number of aliphatic hydroxyl groups excluding tert-OH is 4. The van der Waals surface area contributed by atoms with Crippen LogP contribution in [0.15, 0.2) is 11.6 Å². The van der Waals surface area contributed by atoms with Crippen molar-refractivity contribution in [3.05, 3.63) is 11.6 Å². The number of aliphatic hydroxyl groups is 4. The molecule has 3 saturated carbocycles. The molecule has 1 aliphatic heterocycles. The maximum Gasteiger partial charge on any atom is 0.132 e. The molecule has 11 heteroatoms. The number of hydrogen-bond donors (Lipinski definition) is 4. The topological polar surface area (TPSA) is 136 Å². The Bertz CT molecular complexity index is 1160. The SMILES string of the molecule is CC(C)CCC[C@@H](C)[C@H]1CC[C@H]2[C@@H]3CC=C4C[C@H](CCOCCOCCOCCOCCOCCS[C@@H]5O[C@H](CO)[C@H](O)[C@H](O)[C@H]5O)CC[C@]4(C)[C@H]3CC[C@]12C. The van der Waals surface area contributed by atoms with Gasteiger partial charge in [-0.15, -0.1) is 11.8 Å². The van der Waals surface area contributed by atoms with Crippen molar-refractivity contribution in [2.24, 2.45) is 52.3 Å². The molecule has 0 aromatic carbocycles. The van der Waals surface area contributed by atoms with E-state index in [2.05, 4.69) is 40.7 Å². The van der Waals surface area contributed by atoms with E-state index in [1.165, 1.54) is 82.4 Å². The van der Waals surface area contributed by atoms with E-state index in [0.717, 1.165) is 54.5 Å². The number of thioether (sulfide) groups is 1. The van der Waals surface area contributed by atoms with Crippen LogP contribution in [0.3, 0.4) is 0 Å². The molecule has 1 heterocycles. The summed E-state index contributed by atoms with van der Waals surface area (Å²) in [6, 6.07) is 0. The molecular weight excluding hydrogens is 733 g/mol. The molecule has 4 fully saturated rings. The molecule has 0 aromatic heterocycles. The van der Waals surface area contributed by atoms with Crippen LogP contribution in [0, 0.1) is 52.3 Å². The summed E-state index contributed by atoms with van der Waals surface area (Å²) < 4.78 is 33.9. The van der Waals surface area contributed by atoms with Crippen LogP contribution in [0.2, 0.25) is 0 Å². The molecule has 13 atom stereocenters. The van der Waals surface area contributed by atoms with Crippen LogP contribution in [-0.2, 0) is 28.4 Å². The van der Waals surface area contributed by atoms with Gasteiger partial charge in [-0.2, -0.15) is 0 Å². The Morgan fingerprint density at radius 2 is 1.39 bits per heavy atom. The fraction of sp³-hybridized carbons (Fsp3) is 0.956. The molecule has 56 heavy (non-hydrogen) atoms. The van der Waals surface area contributed by atoms with Crippen LogP contribution < -0.4 is 0 Å². The monoisotopic (exact) mass is 813 g/mol. The average molecular weight is 813 g/mol. The van der Waals surface area contributed by atoms with E-state index in [1.807, 2.05) is 0 Å². The highest BCUT2D eigenvalue weighted by Gasteiger charge is 2.59. The quantitative estimate of drug-likeness (QED) is 0.0583. The zero-order chi connectivity index (χ0) is 40.1. The summed E-state index contributed by atoms with van der Waals surface area (Å²) in [6.07, 6.45) is 14.5. The summed E-state index contributed by atoms with van der Waals surface area (Å²) in [7, 11) is 0. The molecule has 5 rings (SSSR count). The summed E-state index contributed by atoms with van der Waals surface area (Å²) in [5, 5.41) is 39.1. The van der Waals surface area contributed by atoms with Gasteiger partial charge in [-0.1, -0.05) is 65.5 Å². The second-order valence-electron chi connectivity index (χ2n) is 18.8. The van der Waals surface area contributed by atoms with Gasteiger partial charge in [0.2, 0.25) is 0 Å². The van der Waals surface area contributed by atoms with E-state index < -0.39 is 36.5 Å². The van der Waals surface area contributed by atoms with Gasteiger partial charge in [0.1, 0.15) is 29.9 Å². The Kier molecular flexibility index (Phi) is 19.2. The summed E-state index contributed by atoms with van der Waals surface area (Å²) >= 11 is 1.27. The van der Waals surface area contributed by atoms with E-state index in [9.17, 15) is 20.4 Å². The zero-order valence-electron chi connectivity index (χ0n) is 35.6. The van der Waals surface area contributed by atoms with Gasteiger partial charge < -0.3 is 48.8 Å². The summed E-state index contributed by atoms with van der Waals surface area (Å²) in [6.45, 7) is 17.6. The summed E-state index contributed by atoms with van der Waals surface area (Å²) in [5.41, 5.74) is 2.04. The van der Waals surface area contributed by atoms with E-state index in [1.54, 1.807) is 5.57 Å². The number of fused-ring (bicyclic) bond motifs is 5. The molecule has 326 valence electrons. The molecule has 4 aliphatic carbocycles. The first-order valence-electron chi connectivity index (χ1n) is 22.5. The van der Waals surface area contributed by atoms with Gasteiger partial charge >= 0.3 is 0 Å². The molecule has 0 amide bonds. The first kappa shape index (κ1) is 46.8. The average Bonchev–Trinajstić information content (AvgIpc) is 3.54. The second kappa shape index (κ2) is 23.1. The molecule has 0 aromatic rings. The first-order valence-corrected chi connectivity index (χ1v) is 23.5. The molecule has 0 bridgehead atoms. The molecule has 0 spiro atoms. The van der Waals surface area contributed by atoms with Crippen LogP contribution >= 0.6 is 11.8 Å². The maximum atomic E-state index is 10.1. The standard InChI is InChI=1S/C45H80O10S/c1-31(2)7-6-8-32(3)36-11-12-37-35-10-9-34-29-33(13-16-44(34,4)38(35)14-17-45(36,37)5)15-18-50-19-20-51-21-22-52-23-24-53-25-26-54-27-28-56-43-42(49)41(48)40(47)39(30-46)55-43/h9,31-33,35-43,46-49H,6-8,10-30H2,1-5H3/t32-,33+,35+,36-,37+,38+,39-,40+,41+,42-,43+,44+,45-/m1/s1. The predicted octanol–water partition coefficient (Wildman–Crippen LogP) is 6.65. The lowest BCUT2D eigenvalue weighted by Gasteiger charge is -2.58. The Balaban J connectivity index is 0.842.